The lowest BCUT2D eigenvalue weighted by molar-refractivity contribution is 0.0246. The van der Waals surface area contributed by atoms with E-state index in [-0.39, 0.29) is 11.8 Å². The number of aliphatic hydroxyl groups is 1. The number of nitrogens with one attached hydrogen (secondary N) is 1. The summed E-state index contributed by atoms with van der Waals surface area (Å²) in [4.78, 5) is 17.3. The van der Waals surface area contributed by atoms with E-state index in [0.717, 1.165) is 17.3 Å². The number of β-amino-alcohol motifs (C(OH)–C–C–N with tert-alkyl or cyclic N) is 1. The molecule has 0 saturated carbocycles. The molecule has 1 aromatic heterocycles. The highest BCUT2D eigenvalue weighted by atomic mass is 35.5. The van der Waals surface area contributed by atoms with Gasteiger partial charge in [0.1, 0.15) is 5.69 Å². The molecule has 2 N–H and O–H groups in total. The number of benzene rings is 1. The van der Waals surface area contributed by atoms with Gasteiger partial charge in [0.15, 0.2) is 0 Å². The SMILES string of the molecule is CC1CCN(C(=O)c2cc3cc(Cl)ccc3[nH]2)CC1O. The number of hydrogen-bond donors (Lipinski definition) is 2. The number of aromatic nitrogens is 1. The van der Waals surface area contributed by atoms with E-state index in [0.29, 0.717) is 23.8 Å². The van der Waals surface area contributed by atoms with Crippen LogP contribution in [0.4, 0.5) is 0 Å². The van der Waals surface area contributed by atoms with Crippen LogP contribution in [0.5, 0.6) is 0 Å². The second-order valence-electron chi connectivity index (χ2n) is 5.50. The molecule has 5 heteroatoms. The third-order valence-electron chi connectivity index (χ3n) is 4.02. The molecular weight excluding hydrogens is 276 g/mol. The standard InChI is InChI=1S/C15H17ClN2O2/c1-9-4-5-18(8-14(9)19)15(20)13-7-10-6-11(16)2-3-12(10)17-13/h2-3,6-7,9,14,17,19H,4-5,8H2,1H3. The van der Waals surface area contributed by atoms with Crippen LogP contribution in [0.1, 0.15) is 23.8 Å². The fourth-order valence-electron chi connectivity index (χ4n) is 2.62. The van der Waals surface area contributed by atoms with Crippen molar-refractivity contribution in [2.24, 2.45) is 5.92 Å². The highest BCUT2D eigenvalue weighted by molar-refractivity contribution is 6.31. The van der Waals surface area contributed by atoms with E-state index in [2.05, 4.69) is 4.98 Å². The van der Waals surface area contributed by atoms with Crippen molar-refractivity contribution in [1.29, 1.82) is 0 Å². The average Bonchev–Trinajstić information content (AvgIpc) is 2.84. The summed E-state index contributed by atoms with van der Waals surface area (Å²) in [5, 5.41) is 11.5. The van der Waals surface area contributed by atoms with E-state index in [9.17, 15) is 9.90 Å². The molecule has 2 heterocycles. The summed E-state index contributed by atoms with van der Waals surface area (Å²) in [5.41, 5.74) is 1.44. The van der Waals surface area contributed by atoms with Gasteiger partial charge in [0.2, 0.25) is 0 Å². The lowest BCUT2D eigenvalue weighted by Gasteiger charge is -2.34. The Balaban J connectivity index is 1.85. The molecule has 1 amide bonds. The van der Waals surface area contributed by atoms with Crippen LogP contribution in [0.3, 0.4) is 0 Å². The molecule has 106 valence electrons. The monoisotopic (exact) mass is 292 g/mol. The number of halogens is 1. The highest BCUT2D eigenvalue weighted by Gasteiger charge is 2.28. The van der Waals surface area contributed by atoms with Crippen molar-refractivity contribution in [3.8, 4) is 0 Å². The van der Waals surface area contributed by atoms with Gasteiger partial charge in [0.05, 0.1) is 6.10 Å². The van der Waals surface area contributed by atoms with Gasteiger partial charge < -0.3 is 15.0 Å². The van der Waals surface area contributed by atoms with Gasteiger partial charge in [-0.1, -0.05) is 18.5 Å². The quantitative estimate of drug-likeness (QED) is 0.849. The normalized spacial score (nSPS) is 23.2. The molecule has 3 rings (SSSR count). The van der Waals surface area contributed by atoms with Crippen LogP contribution in [0.25, 0.3) is 10.9 Å². The minimum atomic E-state index is -0.438. The summed E-state index contributed by atoms with van der Waals surface area (Å²) in [6.45, 7) is 3.10. The number of H-pyrrole nitrogens is 1. The van der Waals surface area contributed by atoms with Crippen molar-refractivity contribution in [2.75, 3.05) is 13.1 Å². The predicted octanol–water partition coefficient (Wildman–Crippen LogP) is 2.66. The van der Waals surface area contributed by atoms with Crippen molar-refractivity contribution in [3.05, 3.63) is 35.0 Å². The Morgan fingerprint density at radius 3 is 3.00 bits per heavy atom. The van der Waals surface area contributed by atoms with Crippen LogP contribution in [-0.2, 0) is 0 Å². The van der Waals surface area contributed by atoms with Crippen LogP contribution in [-0.4, -0.2) is 40.1 Å². The molecule has 0 spiro atoms. The molecule has 1 aliphatic heterocycles. The van der Waals surface area contributed by atoms with E-state index in [1.165, 1.54) is 0 Å². The maximum atomic E-state index is 12.5. The Morgan fingerprint density at radius 2 is 2.25 bits per heavy atom. The van der Waals surface area contributed by atoms with Gasteiger partial charge >= 0.3 is 0 Å². The Labute approximate surface area is 122 Å². The molecule has 1 saturated heterocycles. The predicted molar refractivity (Wildman–Crippen MR) is 79.0 cm³/mol. The summed E-state index contributed by atoms with van der Waals surface area (Å²) in [5.74, 6) is 0.184. The van der Waals surface area contributed by atoms with Crippen molar-refractivity contribution >= 4 is 28.4 Å². The molecule has 1 aromatic carbocycles. The summed E-state index contributed by atoms with van der Waals surface area (Å²) >= 11 is 5.95. The number of aliphatic hydroxyl groups excluding tert-OH is 1. The van der Waals surface area contributed by atoms with Crippen molar-refractivity contribution in [1.82, 2.24) is 9.88 Å². The van der Waals surface area contributed by atoms with E-state index in [1.54, 1.807) is 11.0 Å². The minimum Gasteiger partial charge on any atom is -0.391 e. The zero-order chi connectivity index (χ0) is 14.3. The molecule has 2 unspecified atom stereocenters. The van der Waals surface area contributed by atoms with Gasteiger partial charge in [-0.05, 0) is 36.6 Å². The zero-order valence-electron chi connectivity index (χ0n) is 11.3. The van der Waals surface area contributed by atoms with Crippen molar-refractivity contribution in [2.45, 2.75) is 19.4 Å². The molecule has 2 atom stereocenters. The van der Waals surface area contributed by atoms with Gasteiger partial charge in [0, 0.05) is 29.0 Å². The molecule has 0 aliphatic carbocycles. The van der Waals surface area contributed by atoms with E-state index in [4.69, 9.17) is 11.6 Å². The number of fused-ring (bicyclic) bond motifs is 1. The lowest BCUT2D eigenvalue weighted by Crippen LogP contribution is -2.45. The third kappa shape index (κ3) is 2.41. The van der Waals surface area contributed by atoms with E-state index < -0.39 is 6.10 Å². The lowest BCUT2D eigenvalue weighted by atomic mass is 9.96. The number of nitrogens with zero attached hydrogens (tertiary/aromatic N) is 1. The van der Waals surface area contributed by atoms with Crippen molar-refractivity contribution < 1.29 is 9.90 Å². The number of amides is 1. The largest absolute Gasteiger partial charge is 0.391 e. The van der Waals surface area contributed by atoms with Crippen LogP contribution < -0.4 is 0 Å². The van der Waals surface area contributed by atoms with Gasteiger partial charge in [-0.25, -0.2) is 0 Å². The van der Waals surface area contributed by atoms with Crippen LogP contribution in [0.15, 0.2) is 24.3 Å². The summed E-state index contributed by atoms with van der Waals surface area (Å²) in [6, 6.07) is 7.30. The Hall–Kier alpha value is -1.52. The second kappa shape index (κ2) is 5.11. The van der Waals surface area contributed by atoms with Gasteiger partial charge in [-0.2, -0.15) is 0 Å². The molecule has 2 aromatic rings. The van der Waals surface area contributed by atoms with Gasteiger partial charge in [0.25, 0.3) is 5.91 Å². The first-order valence-electron chi connectivity index (χ1n) is 6.80. The summed E-state index contributed by atoms with van der Waals surface area (Å²) in [7, 11) is 0. The topological polar surface area (TPSA) is 56.3 Å². The molecule has 20 heavy (non-hydrogen) atoms. The van der Waals surface area contributed by atoms with E-state index >= 15 is 0 Å². The fourth-order valence-corrected chi connectivity index (χ4v) is 2.80. The summed E-state index contributed by atoms with van der Waals surface area (Å²) in [6.07, 6.45) is 0.394. The molecular formula is C15H17ClN2O2. The van der Waals surface area contributed by atoms with Gasteiger partial charge in [-0.15, -0.1) is 0 Å². The fraction of sp³-hybridized carbons (Fsp3) is 0.400. The number of rotatable bonds is 1. The van der Waals surface area contributed by atoms with E-state index in [1.807, 2.05) is 25.1 Å². The first-order valence-corrected chi connectivity index (χ1v) is 7.18. The maximum Gasteiger partial charge on any atom is 0.270 e. The first-order chi connectivity index (χ1) is 9.54. The second-order valence-corrected chi connectivity index (χ2v) is 5.94. The molecule has 1 aliphatic rings. The van der Waals surface area contributed by atoms with Crippen LogP contribution in [0.2, 0.25) is 5.02 Å². The molecule has 4 nitrogen and oxygen atoms in total. The Morgan fingerprint density at radius 1 is 1.45 bits per heavy atom. The van der Waals surface area contributed by atoms with Crippen molar-refractivity contribution in [3.63, 3.8) is 0 Å². The number of piperidine rings is 1. The Bertz CT molecular complexity index is 652. The summed E-state index contributed by atoms with van der Waals surface area (Å²) < 4.78 is 0. The number of aromatic amines is 1. The molecule has 0 bridgehead atoms. The highest BCUT2D eigenvalue weighted by Crippen LogP contribution is 2.23. The smallest absolute Gasteiger partial charge is 0.270 e. The zero-order valence-corrected chi connectivity index (χ0v) is 12.0. The number of carbonyl (C=O) groups is 1. The number of carbonyl (C=O) groups excluding carboxylic acids is 1. The minimum absolute atomic E-state index is 0.0664. The average molecular weight is 293 g/mol. The molecule has 0 radical (unpaired) electrons. The first kappa shape index (κ1) is 13.5. The molecule has 1 fully saturated rings. The number of hydrogen-bond acceptors (Lipinski definition) is 2. The third-order valence-corrected chi connectivity index (χ3v) is 4.25. The van der Waals surface area contributed by atoms with Crippen LogP contribution in [0, 0.1) is 5.92 Å². The number of likely N-dealkylation sites (tertiary alicyclic amines) is 1. The maximum absolute atomic E-state index is 12.5. The Kier molecular flexibility index (Phi) is 3.44. The van der Waals surface area contributed by atoms with Crippen LogP contribution >= 0.6 is 11.6 Å². The van der Waals surface area contributed by atoms with Gasteiger partial charge in [-0.3, -0.25) is 4.79 Å².